The molecule has 3 heteroatoms. The van der Waals surface area contributed by atoms with Crippen molar-refractivity contribution < 1.29 is 9.53 Å². The Morgan fingerprint density at radius 3 is 2.45 bits per heavy atom. The van der Waals surface area contributed by atoms with E-state index >= 15 is 0 Å². The SMILES string of the molecule is CCCC1CCN(CC(=O)c2ccc(OC)cc2)CC1. The van der Waals surface area contributed by atoms with Gasteiger partial charge in [-0.25, -0.2) is 0 Å². The van der Waals surface area contributed by atoms with Crippen LogP contribution in [0.4, 0.5) is 0 Å². The van der Waals surface area contributed by atoms with E-state index in [0.717, 1.165) is 30.3 Å². The van der Waals surface area contributed by atoms with Crippen molar-refractivity contribution in [2.45, 2.75) is 32.6 Å². The van der Waals surface area contributed by atoms with E-state index in [4.69, 9.17) is 4.74 Å². The minimum absolute atomic E-state index is 0.210. The summed E-state index contributed by atoms with van der Waals surface area (Å²) in [5.74, 6) is 1.87. The highest BCUT2D eigenvalue weighted by Crippen LogP contribution is 2.22. The first-order valence-electron chi connectivity index (χ1n) is 7.62. The number of carbonyl (C=O) groups is 1. The molecule has 0 unspecified atom stereocenters. The normalized spacial score (nSPS) is 17.1. The van der Waals surface area contributed by atoms with Gasteiger partial charge in [0, 0.05) is 5.56 Å². The lowest BCUT2D eigenvalue weighted by Gasteiger charge is -2.31. The largest absolute Gasteiger partial charge is 0.497 e. The lowest BCUT2D eigenvalue weighted by Crippen LogP contribution is -2.37. The van der Waals surface area contributed by atoms with E-state index in [2.05, 4.69) is 11.8 Å². The summed E-state index contributed by atoms with van der Waals surface area (Å²) in [5.41, 5.74) is 0.779. The molecule has 0 saturated carbocycles. The Morgan fingerprint density at radius 1 is 1.25 bits per heavy atom. The van der Waals surface area contributed by atoms with Crippen molar-refractivity contribution in [1.29, 1.82) is 0 Å². The number of carbonyl (C=O) groups excluding carboxylic acids is 1. The van der Waals surface area contributed by atoms with Crippen molar-refractivity contribution in [3.8, 4) is 5.75 Å². The maximum Gasteiger partial charge on any atom is 0.176 e. The van der Waals surface area contributed by atoms with Gasteiger partial charge in [0.2, 0.25) is 0 Å². The van der Waals surface area contributed by atoms with Crippen LogP contribution in [0, 0.1) is 5.92 Å². The quantitative estimate of drug-likeness (QED) is 0.745. The predicted molar refractivity (Wildman–Crippen MR) is 81.4 cm³/mol. The zero-order valence-electron chi connectivity index (χ0n) is 12.6. The molecule has 1 heterocycles. The molecule has 0 amide bonds. The molecule has 0 atom stereocenters. The number of nitrogens with zero attached hydrogens (tertiary/aromatic N) is 1. The molecule has 1 aliphatic rings. The van der Waals surface area contributed by atoms with Gasteiger partial charge in [-0.15, -0.1) is 0 Å². The number of ketones is 1. The van der Waals surface area contributed by atoms with E-state index in [9.17, 15) is 4.79 Å². The lowest BCUT2D eigenvalue weighted by molar-refractivity contribution is 0.0893. The van der Waals surface area contributed by atoms with Crippen LogP contribution in [0.1, 0.15) is 43.0 Å². The maximum atomic E-state index is 12.2. The standard InChI is InChI=1S/C17H25NO2/c1-3-4-14-9-11-18(12-10-14)13-17(19)15-5-7-16(20-2)8-6-15/h5-8,14H,3-4,9-13H2,1-2H3. The molecule has 0 bridgehead atoms. The summed E-state index contributed by atoms with van der Waals surface area (Å²) >= 11 is 0. The Morgan fingerprint density at radius 2 is 1.90 bits per heavy atom. The van der Waals surface area contributed by atoms with Crippen LogP contribution in [0.2, 0.25) is 0 Å². The first kappa shape index (κ1) is 15.0. The van der Waals surface area contributed by atoms with Crippen LogP contribution in [0.5, 0.6) is 5.75 Å². The summed E-state index contributed by atoms with van der Waals surface area (Å²) in [6.45, 7) is 4.92. The van der Waals surface area contributed by atoms with E-state index < -0.39 is 0 Å². The highest BCUT2D eigenvalue weighted by Gasteiger charge is 2.20. The van der Waals surface area contributed by atoms with Crippen LogP contribution < -0.4 is 4.74 Å². The van der Waals surface area contributed by atoms with Gasteiger partial charge >= 0.3 is 0 Å². The van der Waals surface area contributed by atoms with Crippen LogP contribution >= 0.6 is 0 Å². The smallest absolute Gasteiger partial charge is 0.176 e. The minimum atomic E-state index is 0.210. The Bertz CT molecular complexity index is 419. The van der Waals surface area contributed by atoms with E-state index in [0.29, 0.717) is 6.54 Å². The summed E-state index contributed by atoms with van der Waals surface area (Å²) in [7, 11) is 1.64. The van der Waals surface area contributed by atoms with E-state index in [1.54, 1.807) is 7.11 Å². The molecule has 20 heavy (non-hydrogen) atoms. The van der Waals surface area contributed by atoms with Crippen molar-refractivity contribution in [2.75, 3.05) is 26.7 Å². The van der Waals surface area contributed by atoms with Gasteiger partial charge in [0.25, 0.3) is 0 Å². The zero-order chi connectivity index (χ0) is 14.4. The Balaban J connectivity index is 1.82. The monoisotopic (exact) mass is 275 g/mol. The molecule has 110 valence electrons. The summed E-state index contributed by atoms with van der Waals surface area (Å²) in [6, 6.07) is 7.40. The van der Waals surface area contributed by atoms with Crippen molar-refractivity contribution in [3.63, 3.8) is 0 Å². The second-order valence-corrected chi connectivity index (χ2v) is 5.66. The summed E-state index contributed by atoms with van der Waals surface area (Å²) < 4.78 is 5.11. The molecule has 1 aromatic rings. The van der Waals surface area contributed by atoms with E-state index in [-0.39, 0.29) is 5.78 Å². The number of hydrogen-bond donors (Lipinski definition) is 0. The number of benzene rings is 1. The number of piperidine rings is 1. The average molecular weight is 275 g/mol. The fourth-order valence-electron chi connectivity index (χ4n) is 2.91. The number of hydrogen-bond acceptors (Lipinski definition) is 3. The third kappa shape index (κ3) is 4.07. The molecule has 2 rings (SSSR count). The number of methoxy groups -OCH3 is 1. The second-order valence-electron chi connectivity index (χ2n) is 5.66. The van der Waals surface area contributed by atoms with Crippen molar-refractivity contribution in [2.24, 2.45) is 5.92 Å². The van der Waals surface area contributed by atoms with Gasteiger partial charge in [0.1, 0.15) is 5.75 Å². The van der Waals surface area contributed by atoms with Gasteiger partial charge < -0.3 is 4.74 Å². The molecule has 1 aliphatic heterocycles. The van der Waals surface area contributed by atoms with Gasteiger partial charge in [-0.1, -0.05) is 19.8 Å². The van der Waals surface area contributed by atoms with Crippen LogP contribution in [-0.2, 0) is 0 Å². The molecule has 0 N–H and O–H groups in total. The summed E-state index contributed by atoms with van der Waals surface area (Å²) in [6.07, 6.45) is 5.09. The third-order valence-electron chi connectivity index (χ3n) is 4.18. The third-order valence-corrected chi connectivity index (χ3v) is 4.18. The lowest BCUT2D eigenvalue weighted by atomic mass is 9.92. The Labute approximate surface area is 121 Å². The fraction of sp³-hybridized carbons (Fsp3) is 0.588. The van der Waals surface area contributed by atoms with Gasteiger partial charge in [0.15, 0.2) is 5.78 Å². The van der Waals surface area contributed by atoms with Gasteiger partial charge in [-0.3, -0.25) is 9.69 Å². The minimum Gasteiger partial charge on any atom is -0.497 e. The number of likely N-dealkylation sites (tertiary alicyclic amines) is 1. The molecule has 0 aromatic heterocycles. The number of ether oxygens (including phenoxy) is 1. The molecule has 0 spiro atoms. The van der Waals surface area contributed by atoms with Crippen molar-refractivity contribution in [3.05, 3.63) is 29.8 Å². The van der Waals surface area contributed by atoms with Gasteiger partial charge in [-0.05, 0) is 56.1 Å². The first-order valence-corrected chi connectivity index (χ1v) is 7.62. The highest BCUT2D eigenvalue weighted by atomic mass is 16.5. The molecule has 1 saturated heterocycles. The topological polar surface area (TPSA) is 29.5 Å². The van der Waals surface area contributed by atoms with Gasteiger partial charge in [-0.2, -0.15) is 0 Å². The first-order chi connectivity index (χ1) is 9.72. The molecular weight excluding hydrogens is 250 g/mol. The molecular formula is C17H25NO2. The molecule has 1 aromatic carbocycles. The van der Waals surface area contributed by atoms with E-state index in [1.807, 2.05) is 24.3 Å². The highest BCUT2D eigenvalue weighted by molar-refractivity contribution is 5.97. The average Bonchev–Trinajstić information content (AvgIpc) is 2.49. The molecule has 1 fully saturated rings. The van der Waals surface area contributed by atoms with Gasteiger partial charge in [0.05, 0.1) is 13.7 Å². The summed E-state index contributed by atoms with van der Waals surface area (Å²) in [5, 5.41) is 0. The van der Waals surface area contributed by atoms with Crippen LogP contribution in [0.3, 0.4) is 0 Å². The maximum absolute atomic E-state index is 12.2. The predicted octanol–water partition coefficient (Wildman–Crippen LogP) is 3.39. The van der Waals surface area contributed by atoms with E-state index in [1.165, 1.54) is 25.7 Å². The Hall–Kier alpha value is -1.35. The van der Waals surface area contributed by atoms with Crippen LogP contribution in [-0.4, -0.2) is 37.4 Å². The number of rotatable bonds is 6. The van der Waals surface area contributed by atoms with Crippen molar-refractivity contribution >= 4 is 5.78 Å². The van der Waals surface area contributed by atoms with Crippen LogP contribution in [0.25, 0.3) is 0 Å². The second kappa shape index (κ2) is 7.44. The number of Topliss-reactive ketones (excluding diaryl/α,β-unsaturated/α-hetero) is 1. The molecule has 0 radical (unpaired) electrons. The van der Waals surface area contributed by atoms with Crippen molar-refractivity contribution in [1.82, 2.24) is 4.90 Å². The summed E-state index contributed by atoms with van der Waals surface area (Å²) in [4.78, 5) is 14.5. The molecule has 0 aliphatic carbocycles. The van der Waals surface area contributed by atoms with Crippen LogP contribution in [0.15, 0.2) is 24.3 Å². The zero-order valence-corrected chi connectivity index (χ0v) is 12.6. The molecule has 3 nitrogen and oxygen atoms in total. The Kier molecular flexibility index (Phi) is 5.60. The fourth-order valence-corrected chi connectivity index (χ4v) is 2.91.